The van der Waals surface area contributed by atoms with Crippen molar-refractivity contribution < 1.29 is 27.8 Å². The minimum Gasteiger partial charge on any atom is -0.490 e. The highest BCUT2D eigenvalue weighted by molar-refractivity contribution is 7.91. The predicted octanol–water partition coefficient (Wildman–Crippen LogP) is 4.72. The molecule has 0 bridgehead atoms. The SMILES string of the molecule is CC(C)(c1ccc(OCc2ccnc(NS(C)(=O)=O)n2)cc1)c1cc(Cl)c(OCCCl)c(C(=O)O)c1. The molecule has 0 radical (unpaired) electrons. The second kappa shape index (κ2) is 11.3. The molecule has 0 spiro atoms. The van der Waals surface area contributed by atoms with Crippen LogP contribution in [0.15, 0.2) is 48.7 Å². The molecule has 3 aromatic rings. The van der Waals surface area contributed by atoms with Crippen molar-refractivity contribution in [3.8, 4) is 11.5 Å². The Morgan fingerprint density at radius 2 is 1.81 bits per heavy atom. The maximum atomic E-state index is 11.8. The van der Waals surface area contributed by atoms with Crippen LogP contribution in [0.5, 0.6) is 11.5 Å². The van der Waals surface area contributed by atoms with Crippen molar-refractivity contribution in [1.29, 1.82) is 0 Å². The molecule has 3 rings (SSSR count). The number of alkyl halides is 1. The van der Waals surface area contributed by atoms with Gasteiger partial charge in [-0.05, 0) is 41.5 Å². The number of sulfonamides is 1. The molecule has 192 valence electrons. The zero-order valence-corrected chi connectivity index (χ0v) is 22.1. The fourth-order valence-electron chi connectivity index (χ4n) is 3.38. The smallest absolute Gasteiger partial charge is 0.339 e. The molecule has 0 fully saturated rings. The molecule has 0 saturated carbocycles. The highest BCUT2D eigenvalue weighted by Gasteiger charge is 2.27. The number of aromatic nitrogens is 2. The summed E-state index contributed by atoms with van der Waals surface area (Å²) in [6, 6.07) is 12.2. The predicted molar refractivity (Wildman–Crippen MR) is 138 cm³/mol. The molecular formula is C24H25Cl2N3O6S. The van der Waals surface area contributed by atoms with E-state index < -0.39 is 21.4 Å². The van der Waals surface area contributed by atoms with Crippen molar-refractivity contribution in [2.45, 2.75) is 25.9 Å². The molecule has 1 aromatic heterocycles. The minimum absolute atomic E-state index is 0.0332. The molecule has 0 aliphatic rings. The first-order valence-corrected chi connectivity index (χ1v) is 13.5. The van der Waals surface area contributed by atoms with Crippen molar-refractivity contribution in [3.05, 3.63) is 76.1 Å². The number of benzene rings is 2. The van der Waals surface area contributed by atoms with Gasteiger partial charge in [0.15, 0.2) is 5.75 Å². The van der Waals surface area contributed by atoms with E-state index in [2.05, 4.69) is 14.7 Å². The van der Waals surface area contributed by atoms with Crippen LogP contribution in [0.2, 0.25) is 5.02 Å². The van der Waals surface area contributed by atoms with E-state index >= 15 is 0 Å². The summed E-state index contributed by atoms with van der Waals surface area (Å²) in [5.74, 6) is -0.322. The Balaban J connectivity index is 1.78. The van der Waals surface area contributed by atoms with E-state index in [0.29, 0.717) is 17.0 Å². The maximum Gasteiger partial charge on any atom is 0.339 e. The normalized spacial score (nSPS) is 11.7. The Morgan fingerprint density at radius 1 is 1.11 bits per heavy atom. The van der Waals surface area contributed by atoms with Crippen LogP contribution in [-0.2, 0) is 22.0 Å². The fraction of sp³-hybridized carbons (Fsp3) is 0.292. The number of carboxylic acid groups (broad SMARTS) is 1. The van der Waals surface area contributed by atoms with Gasteiger partial charge < -0.3 is 14.6 Å². The molecule has 0 saturated heterocycles. The summed E-state index contributed by atoms with van der Waals surface area (Å²) in [6.45, 7) is 4.15. The van der Waals surface area contributed by atoms with Gasteiger partial charge in [-0.1, -0.05) is 37.6 Å². The summed E-state index contributed by atoms with van der Waals surface area (Å²) < 4.78 is 36.2. The molecular weight excluding hydrogens is 529 g/mol. The van der Waals surface area contributed by atoms with E-state index in [1.54, 1.807) is 30.3 Å². The number of ether oxygens (including phenoxy) is 2. The molecule has 9 nitrogen and oxygen atoms in total. The zero-order chi connectivity index (χ0) is 26.5. The van der Waals surface area contributed by atoms with Crippen molar-refractivity contribution in [2.75, 3.05) is 23.5 Å². The van der Waals surface area contributed by atoms with Gasteiger partial charge in [-0.25, -0.2) is 23.2 Å². The molecule has 2 N–H and O–H groups in total. The van der Waals surface area contributed by atoms with Crippen molar-refractivity contribution in [1.82, 2.24) is 9.97 Å². The second-order valence-electron chi connectivity index (χ2n) is 8.36. The topological polar surface area (TPSA) is 128 Å². The molecule has 2 aromatic carbocycles. The van der Waals surface area contributed by atoms with Crippen molar-refractivity contribution >= 4 is 45.1 Å². The number of halogens is 2. The summed E-state index contributed by atoms with van der Waals surface area (Å²) in [5, 5.41) is 9.87. The van der Waals surface area contributed by atoms with E-state index in [1.165, 1.54) is 6.20 Å². The lowest BCUT2D eigenvalue weighted by Gasteiger charge is -2.27. The van der Waals surface area contributed by atoms with Crippen LogP contribution in [0.1, 0.15) is 41.0 Å². The first-order valence-electron chi connectivity index (χ1n) is 10.7. The summed E-state index contributed by atoms with van der Waals surface area (Å²) in [6.07, 6.45) is 2.45. The van der Waals surface area contributed by atoms with E-state index in [-0.39, 0.29) is 41.4 Å². The molecule has 0 aliphatic heterocycles. The van der Waals surface area contributed by atoms with Crippen LogP contribution >= 0.6 is 23.2 Å². The third kappa shape index (κ3) is 6.99. The highest BCUT2D eigenvalue weighted by atomic mass is 35.5. The van der Waals surface area contributed by atoms with Crippen LogP contribution in [0.4, 0.5) is 5.95 Å². The Labute approximate surface area is 219 Å². The number of carbonyl (C=O) groups is 1. The number of nitrogens with zero attached hydrogens (tertiary/aromatic N) is 2. The average Bonchev–Trinajstić information content (AvgIpc) is 2.81. The van der Waals surface area contributed by atoms with Gasteiger partial charge in [-0.3, -0.25) is 4.72 Å². The van der Waals surface area contributed by atoms with E-state index in [0.717, 1.165) is 11.8 Å². The number of rotatable bonds is 11. The van der Waals surface area contributed by atoms with Crippen LogP contribution < -0.4 is 14.2 Å². The van der Waals surface area contributed by atoms with Gasteiger partial charge in [0.1, 0.15) is 24.5 Å². The van der Waals surface area contributed by atoms with Gasteiger partial charge >= 0.3 is 5.97 Å². The van der Waals surface area contributed by atoms with E-state index in [9.17, 15) is 18.3 Å². The quantitative estimate of drug-likeness (QED) is 0.326. The standard InChI is InChI=1S/C24H25Cl2N3O6S/c1-24(2,16-12-19(22(30)31)21(20(26)13-16)34-11-9-25)15-4-6-18(7-5-15)35-14-17-8-10-27-23(28-17)29-36(3,32)33/h4-8,10,12-13H,9,11,14H2,1-3H3,(H,30,31)(H,27,28,29). The number of carboxylic acids is 1. The van der Waals surface area contributed by atoms with Gasteiger partial charge in [0, 0.05) is 11.6 Å². The zero-order valence-electron chi connectivity index (χ0n) is 19.8. The first-order chi connectivity index (χ1) is 16.9. The fourth-order valence-corrected chi connectivity index (χ4v) is 4.16. The molecule has 0 unspecified atom stereocenters. The summed E-state index contributed by atoms with van der Waals surface area (Å²) in [4.78, 5) is 19.8. The molecule has 12 heteroatoms. The second-order valence-corrected chi connectivity index (χ2v) is 10.9. The minimum atomic E-state index is -3.49. The van der Waals surface area contributed by atoms with E-state index in [4.69, 9.17) is 32.7 Å². The van der Waals surface area contributed by atoms with Gasteiger partial charge in [-0.15, -0.1) is 11.6 Å². The molecule has 36 heavy (non-hydrogen) atoms. The summed E-state index contributed by atoms with van der Waals surface area (Å²) in [5.41, 5.74) is 1.47. The Bertz CT molecular complexity index is 1350. The summed E-state index contributed by atoms with van der Waals surface area (Å²) >= 11 is 12.0. The number of nitrogens with one attached hydrogen (secondary N) is 1. The van der Waals surface area contributed by atoms with Crippen molar-refractivity contribution in [3.63, 3.8) is 0 Å². The molecule has 0 aliphatic carbocycles. The largest absolute Gasteiger partial charge is 0.490 e. The number of hydrogen-bond acceptors (Lipinski definition) is 7. The lowest BCUT2D eigenvalue weighted by atomic mass is 9.77. The van der Waals surface area contributed by atoms with Crippen molar-refractivity contribution in [2.24, 2.45) is 0 Å². The van der Waals surface area contributed by atoms with E-state index in [1.807, 2.05) is 26.0 Å². The Kier molecular flexibility index (Phi) is 8.65. The third-order valence-corrected chi connectivity index (χ3v) is 6.26. The monoisotopic (exact) mass is 553 g/mol. The number of anilines is 1. The van der Waals surface area contributed by atoms with Crippen LogP contribution in [-0.4, -0.2) is 48.2 Å². The molecule has 1 heterocycles. The van der Waals surface area contributed by atoms with Gasteiger partial charge in [0.05, 0.1) is 22.9 Å². The summed E-state index contributed by atoms with van der Waals surface area (Å²) in [7, 11) is -3.49. The lowest BCUT2D eigenvalue weighted by molar-refractivity contribution is 0.0692. The van der Waals surface area contributed by atoms with Crippen LogP contribution in [0.3, 0.4) is 0 Å². The van der Waals surface area contributed by atoms with Crippen LogP contribution in [0, 0.1) is 0 Å². The Morgan fingerprint density at radius 3 is 2.42 bits per heavy atom. The van der Waals surface area contributed by atoms with Gasteiger partial charge in [-0.2, -0.15) is 0 Å². The average molecular weight is 554 g/mol. The van der Waals surface area contributed by atoms with Gasteiger partial charge in [0.2, 0.25) is 16.0 Å². The molecule has 0 amide bonds. The number of aromatic carboxylic acids is 1. The first kappa shape index (κ1) is 27.5. The Hall–Kier alpha value is -3.08. The lowest BCUT2D eigenvalue weighted by Crippen LogP contribution is -2.20. The van der Waals surface area contributed by atoms with Gasteiger partial charge in [0.25, 0.3) is 0 Å². The number of hydrogen-bond donors (Lipinski definition) is 2. The molecule has 0 atom stereocenters. The third-order valence-electron chi connectivity index (χ3n) is 5.27. The van der Waals surface area contributed by atoms with Crippen LogP contribution in [0.25, 0.3) is 0 Å². The maximum absolute atomic E-state index is 11.8. The highest BCUT2D eigenvalue weighted by Crippen LogP contribution is 2.39.